The third-order valence-electron chi connectivity index (χ3n) is 2.81. The van der Waals surface area contributed by atoms with Crippen molar-refractivity contribution in [3.63, 3.8) is 0 Å². The van der Waals surface area contributed by atoms with Gasteiger partial charge in [0.15, 0.2) is 0 Å². The Kier molecular flexibility index (Phi) is 4.80. The number of nitrogens with one attached hydrogen (secondary N) is 2. The molecular weight excluding hydrogens is 298 g/mol. The maximum Gasteiger partial charge on any atom is 0.242 e. The third kappa shape index (κ3) is 3.82. The SMILES string of the molecule is Cc1ccc(S(=O)(=O)NCCCc2ncc[nH]2)c(Cl)c1. The van der Waals surface area contributed by atoms with Crippen LogP contribution in [0.4, 0.5) is 0 Å². The minimum absolute atomic E-state index is 0.114. The molecule has 0 radical (unpaired) electrons. The van der Waals surface area contributed by atoms with Gasteiger partial charge in [0.05, 0.1) is 5.02 Å². The molecule has 20 heavy (non-hydrogen) atoms. The van der Waals surface area contributed by atoms with E-state index in [2.05, 4.69) is 14.7 Å². The Labute approximate surface area is 123 Å². The van der Waals surface area contributed by atoms with Crippen molar-refractivity contribution >= 4 is 21.6 Å². The van der Waals surface area contributed by atoms with Crippen LogP contribution in [0.3, 0.4) is 0 Å². The van der Waals surface area contributed by atoms with Gasteiger partial charge < -0.3 is 4.98 Å². The Balaban J connectivity index is 1.93. The predicted molar refractivity (Wildman–Crippen MR) is 78.3 cm³/mol. The Morgan fingerprint density at radius 1 is 1.40 bits per heavy atom. The van der Waals surface area contributed by atoms with Gasteiger partial charge in [-0.25, -0.2) is 18.1 Å². The van der Waals surface area contributed by atoms with Crippen LogP contribution in [-0.2, 0) is 16.4 Å². The molecule has 0 saturated carbocycles. The van der Waals surface area contributed by atoms with Crippen molar-refractivity contribution < 1.29 is 8.42 Å². The molecule has 2 rings (SSSR count). The van der Waals surface area contributed by atoms with Gasteiger partial charge in [-0.2, -0.15) is 0 Å². The van der Waals surface area contributed by atoms with Gasteiger partial charge in [-0.1, -0.05) is 17.7 Å². The van der Waals surface area contributed by atoms with E-state index in [0.717, 1.165) is 11.4 Å². The number of aromatic nitrogens is 2. The van der Waals surface area contributed by atoms with E-state index in [0.29, 0.717) is 19.4 Å². The first-order valence-corrected chi connectivity index (χ1v) is 8.09. The highest BCUT2D eigenvalue weighted by atomic mass is 35.5. The first kappa shape index (κ1) is 15.0. The first-order chi connectivity index (χ1) is 9.49. The molecular formula is C13H16ClN3O2S. The van der Waals surface area contributed by atoms with Gasteiger partial charge in [0.1, 0.15) is 10.7 Å². The minimum atomic E-state index is -3.56. The van der Waals surface area contributed by atoms with Crippen LogP contribution in [0.25, 0.3) is 0 Å². The van der Waals surface area contributed by atoms with Crippen molar-refractivity contribution in [3.05, 3.63) is 47.0 Å². The molecule has 2 N–H and O–H groups in total. The zero-order valence-corrected chi connectivity index (χ0v) is 12.6. The minimum Gasteiger partial charge on any atom is -0.349 e. The van der Waals surface area contributed by atoms with Crippen LogP contribution in [0.5, 0.6) is 0 Å². The number of sulfonamides is 1. The van der Waals surface area contributed by atoms with E-state index in [9.17, 15) is 8.42 Å². The number of aromatic amines is 1. The number of benzene rings is 1. The van der Waals surface area contributed by atoms with Gasteiger partial charge in [0.2, 0.25) is 10.0 Å². The van der Waals surface area contributed by atoms with Crippen molar-refractivity contribution in [3.8, 4) is 0 Å². The van der Waals surface area contributed by atoms with Crippen molar-refractivity contribution in [1.82, 2.24) is 14.7 Å². The molecule has 0 aliphatic carbocycles. The predicted octanol–water partition coefficient (Wildman–Crippen LogP) is 2.28. The lowest BCUT2D eigenvalue weighted by molar-refractivity contribution is 0.578. The van der Waals surface area contributed by atoms with E-state index in [1.807, 2.05) is 6.92 Å². The summed E-state index contributed by atoms with van der Waals surface area (Å²) < 4.78 is 26.8. The van der Waals surface area contributed by atoms with Gasteiger partial charge in [-0.3, -0.25) is 0 Å². The molecule has 0 saturated heterocycles. The lowest BCUT2D eigenvalue weighted by Gasteiger charge is -2.08. The number of aryl methyl sites for hydroxylation is 2. The van der Waals surface area contributed by atoms with Gasteiger partial charge >= 0.3 is 0 Å². The molecule has 108 valence electrons. The molecule has 0 bridgehead atoms. The zero-order chi connectivity index (χ0) is 14.6. The summed E-state index contributed by atoms with van der Waals surface area (Å²) in [5.41, 5.74) is 0.923. The highest BCUT2D eigenvalue weighted by Crippen LogP contribution is 2.22. The Bertz CT molecular complexity index is 669. The van der Waals surface area contributed by atoms with Crippen molar-refractivity contribution in [1.29, 1.82) is 0 Å². The van der Waals surface area contributed by atoms with Crippen molar-refractivity contribution in [2.75, 3.05) is 6.54 Å². The van der Waals surface area contributed by atoms with Crippen LogP contribution in [0.15, 0.2) is 35.5 Å². The lowest BCUT2D eigenvalue weighted by atomic mass is 10.2. The molecule has 2 aromatic rings. The first-order valence-electron chi connectivity index (χ1n) is 6.23. The summed E-state index contributed by atoms with van der Waals surface area (Å²) in [5, 5.41) is 0.239. The number of nitrogens with zero attached hydrogens (tertiary/aromatic N) is 1. The van der Waals surface area contributed by atoms with Crippen LogP contribution < -0.4 is 4.72 Å². The number of imidazole rings is 1. The monoisotopic (exact) mass is 313 g/mol. The highest BCUT2D eigenvalue weighted by Gasteiger charge is 2.17. The second-order valence-electron chi connectivity index (χ2n) is 4.47. The third-order valence-corrected chi connectivity index (χ3v) is 4.76. The smallest absolute Gasteiger partial charge is 0.242 e. The second kappa shape index (κ2) is 6.39. The van der Waals surface area contributed by atoms with E-state index >= 15 is 0 Å². The number of rotatable bonds is 6. The second-order valence-corrected chi connectivity index (χ2v) is 6.61. The molecule has 0 aliphatic rings. The number of halogens is 1. The highest BCUT2D eigenvalue weighted by molar-refractivity contribution is 7.89. The van der Waals surface area contributed by atoms with Crippen LogP contribution in [0, 0.1) is 6.92 Å². The van der Waals surface area contributed by atoms with Gasteiger partial charge in [0, 0.05) is 25.4 Å². The average Bonchev–Trinajstić information content (AvgIpc) is 2.87. The fraction of sp³-hybridized carbons (Fsp3) is 0.308. The summed E-state index contributed by atoms with van der Waals surface area (Å²) in [7, 11) is -3.56. The van der Waals surface area contributed by atoms with Crippen molar-refractivity contribution in [2.24, 2.45) is 0 Å². The standard InChI is InChI=1S/C13H16ClN3O2S/c1-10-4-5-12(11(14)9-10)20(18,19)17-6-2-3-13-15-7-8-16-13/h4-5,7-9,17H,2-3,6H2,1H3,(H,15,16). The molecule has 1 aromatic heterocycles. The molecule has 0 amide bonds. The molecule has 0 spiro atoms. The maximum absolute atomic E-state index is 12.1. The number of hydrogen-bond donors (Lipinski definition) is 2. The normalized spacial score (nSPS) is 11.7. The molecule has 0 unspecified atom stereocenters. The van der Waals surface area contributed by atoms with Gasteiger partial charge in [-0.15, -0.1) is 0 Å². The van der Waals surface area contributed by atoms with E-state index in [-0.39, 0.29) is 9.92 Å². The number of hydrogen-bond acceptors (Lipinski definition) is 3. The summed E-state index contributed by atoms with van der Waals surface area (Å²) in [4.78, 5) is 7.16. The van der Waals surface area contributed by atoms with Crippen LogP contribution in [0.1, 0.15) is 17.8 Å². The van der Waals surface area contributed by atoms with Crippen LogP contribution >= 0.6 is 11.6 Å². The molecule has 0 aliphatic heterocycles. The Hall–Kier alpha value is -1.37. The van der Waals surface area contributed by atoms with Gasteiger partial charge in [-0.05, 0) is 31.0 Å². The van der Waals surface area contributed by atoms with E-state index in [4.69, 9.17) is 11.6 Å². The lowest BCUT2D eigenvalue weighted by Crippen LogP contribution is -2.25. The largest absolute Gasteiger partial charge is 0.349 e. The Morgan fingerprint density at radius 3 is 2.85 bits per heavy atom. The fourth-order valence-corrected chi connectivity index (χ4v) is 3.47. The van der Waals surface area contributed by atoms with Crippen LogP contribution in [0.2, 0.25) is 5.02 Å². The maximum atomic E-state index is 12.1. The number of H-pyrrole nitrogens is 1. The zero-order valence-electron chi connectivity index (χ0n) is 11.1. The summed E-state index contributed by atoms with van der Waals surface area (Å²) >= 11 is 5.97. The van der Waals surface area contributed by atoms with E-state index in [1.54, 1.807) is 24.5 Å². The van der Waals surface area contributed by atoms with Gasteiger partial charge in [0.25, 0.3) is 0 Å². The summed E-state index contributed by atoms with van der Waals surface area (Å²) in [6.45, 7) is 2.20. The fourth-order valence-electron chi connectivity index (χ4n) is 1.80. The molecule has 1 aromatic carbocycles. The van der Waals surface area contributed by atoms with Crippen LogP contribution in [-0.4, -0.2) is 24.9 Å². The average molecular weight is 314 g/mol. The Morgan fingerprint density at radius 2 is 2.20 bits per heavy atom. The summed E-state index contributed by atoms with van der Waals surface area (Å²) in [5.74, 6) is 0.845. The van der Waals surface area contributed by atoms with E-state index in [1.165, 1.54) is 6.07 Å². The molecule has 5 nitrogen and oxygen atoms in total. The van der Waals surface area contributed by atoms with Crippen molar-refractivity contribution in [2.45, 2.75) is 24.7 Å². The molecule has 0 atom stereocenters. The quantitative estimate of drug-likeness (QED) is 0.803. The molecule has 7 heteroatoms. The summed E-state index contributed by atoms with van der Waals surface area (Å²) in [6, 6.07) is 4.88. The summed E-state index contributed by atoms with van der Waals surface area (Å²) in [6.07, 6.45) is 4.77. The topological polar surface area (TPSA) is 74.8 Å². The molecule has 0 fully saturated rings. The molecule has 1 heterocycles. The van der Waals surface area contributed by atoms with E-state index < -0.39 is 10.0 Å².